The minimum atomic E-state index is -0.850. The number of ether oxygens (including phenoxy) is 1. The molecule has 0 aromatic heterocycles. The largest absolute Gasteiger partial charge is 0.462 e. The Labute approximate surface area is 231 Å². The van der Waals surface area contributed by atoms with Crippen molar-refractivity contribution in [1.82, 2.24) is 0 Å². The molecule has 34 heavy (non-hydrogen) atoms. The van der Waals surface area contributed by atoms with Crippen molar-refractivity contribution >= 4 is 69.6 Å². The molecule has 0 saturated heterocycles. The molecular weight excluding hydrogens is 686 g/mol. The highest BCUT2D eigenvalue weighted by Crippen LogP contribution is 2.68. The van der Waals surface area contributed by atoms with Crippen LogP contribution in [0.2, 0.25) is 0 Å². The maximum Gasteiger partial charge on any atom is 0.195 e. The van der Waals surface area contributed by atoms with Crippen LogP contribution in [0.1, 0.15) is 29.2 Å². The maximum absolute atomic E-state index is 6.98. The van der Waals surface area contributed by atoms with E-state index in [0.29, 0.717) is 5.90 Å². The molecule has 0 N–H and O–H groups in total. The second kappa shape index (κ2) is 7.16. The van der Waals surface area contributed by atoms with Crippen LogP contribution < -0.4 is 0 Å². The Morgan fingerprint density at radius 2 is 0.912 bits per heavy atom. The topological polar surface area (TPSA) is 21.6 Å². The van der Waals surface area contributed by atoms with Crippen LogP contribution in [0.4, 0.5) is 0 Å². The zero-order valence-electron chi connectivity index (χ0n) is 17.8. The zero-order chi connectivity index (χ0) is 23.4. The van der Waals surface area contributed by atoms with Crippen molar-refractivity contribution < 1.29 is 4.74 Å². The molecule has 3 aliphatic rings. The number of rotatable bonds is 0. The molecule has 2 aliphatic carbocycles. The molecule has 1 heterocycles. The van der Waals surface area contributed by atoms with Crippen molar-refractivity contribution in [3.8, 4) is 22.3 Å². The monoisotopic (exact) mass is 697 g/mol. The van der Waals surface area contributed by atoms with Crippen molar-refractivity contribution in [2.45, 2.75) is 18.1 Å². The van der Waals surface area contributed by atoms with Gasteiger partial charge >= 0.3 is 0 Å². The zero-order valence-corrected chi connectivity index (χ0v) is 24.1. The Morgan fingerprint density at radius 1 is 0.559 bits per heavy atom. The number of halogens is 4. The van der Waals surface area contributed by atoms with Gasteiger partial charge in [-0.3, -0.25) is 0 Å². The molecule has 166 valence electrons. The molecular formula is C28H15Br4NO. The van der Waals surface area contributed by atoms with E-state index in [0.717, 1.165) is 40.1 Å². The molecule has 2 spiro atoms. The highest BCUT2D eigenvalue weighted by Gasteiger charge is 2.68. The fourth-order valence-electron chi connectivity index (χ4n) is 6.11. The molecule has 0 saturated carbocycles. The van der Waals surface area contributed by atoms with Gasteiger partial charge in [-0.05, 0) is 81.9 Å². The first-order valence-corrected chi connectivity index (χ1v) is 14.0. The fraction of sp³-hybridized carbons (Fsp3) is 0.107. The lowest BCUT2D eigenvalue weighted by Gasteiger charge is -2.41. The minimum absolute atomic E-state index is 0.678. The molecule has 0 unspecified atom stereocenters. The van der Waals surface area contributed by atoms with Crippen LogP contribution in [0.3, 0.4) is 0 Å². The first kappa shape index (κ1) is 21.5. The van der Waals surface area contributed by atoms with Crippen LogP contribution in [0, 0.1) is 0 Å². The summed E-state index contributed by atoms with van der Waals surface area (Å²) in [4.78, 5) is 5.40. The van der Waals surface area contributed by atoms with Crippen molar-refractivity contribution in [3.05, 3.63) is 113 Å². The number of benzene rings is 4. The van der Waals surface area contributed by atoms with Crippen molar-refractivity contribution in [2.75, 3.05) is 0 Å². The number of nitrogens with zero attached hydrogens (tertiary/aromatic N) is 1. The van der Waals surface area contributed by atoms with Gasteiger partial charge < -0.3 is 4.74 Å². The third-order valence-electron chi connectivity index (χ3n) is 7.18. The third-order valence-corrected chi connectivity index (χ3v) is 9.15. The summed E-state index contributed by atoms with van der Waals surface area (Å²) in [6.07, 6.45) is 0. The first-order chi connectivity index (χ1) is 16.3. The van der Waals surface area contributed by atoms with E-state index in [1.807, 2.05) is 6.92 Å². The van der Waals surface area contributed by atoms with E-state index in [1.54, 1.807) is 0 Å². The van der Waals surface area contributed by atoms with E-state index in [2.05, 4.69) is 137 Å². The van der Waals surface area contributed by atoms with Gasteiger partial charge in [-0.1, -0.05) is 88.0 Å². The summed E-state index contributed by atoms with van der Waals surface area (Å²) in [5.74, 6) is 0.678. The highest BCUT2D eigenvalue weighted by atomic mass is 79.9. The van der Waals surface area contributed by atoms with Crippen LogP contribution >= 0.6 is 63.7 Å². The van der Waals surface area contributed by atoms with E-state index in [1.165, 1.54) is 22.3 Å². The molecule has 0 radical (unpaired) electrons. The second-order valence-corrected chi connectivity index (χ2v) is 12.5. The molecule has 2 nitrogen and oxygen atoms in total. The summed E-state index contributed by atoms with van der Waals surface area (Å²) in [6, 6.07) is 26.0. The Balaban J connectivity index is 1.71. The average Bonchev–Trinajstić information content (AvgIpc) is 3.36. The summed E-state index contributed by atoms with van der Waals surface area (Å²) in [6.45, 7) is 1.97. The first-order valence-electron chi connectivity index (χ1n) is 10.8. The van der Waals surface area contributed by atoms with E-state index in [9.17, 15) is 0 Å². The Bertz CT molecular complexity index is 1500. The van der Waals surface area contributed by atoms with E-state index < -0.39 is 11.1 Å². The molecule has 0 bridgehead atoms. The van der Waals surface area contributed by atoms with E-state index in [4.69, 9.17) is 9.73 Å². The van der Waals surface area contributed by atoms with Crippen LogP contribution in [0.5, 0.6) is 0 Å². The Kier molecular flexibility index (Phi) is 4.54. The number of aliphatic imine (C=N–C) groups is 1. The second-order valence-electron chi connectivity index (χ2n) is 8.88. The van der Waals surface area contributed by atoms with Gasteiger partial charge in [0.05, 0.1) is 0 Å². The Morgan fingerprint density at radius 3 is 1.32 bits per heavy atom. The molecule has 6 heteroatoms. The van der Waals surface area contributed by atoms with Gasteiger partial charge in [0.1, 0.15) is 0 Å². The maximum atomic E-state index is 6.98. The average molecular weight is 701 g/mol. The SMILES string of the molecule is CC1=NC2(c3cc(Br)ccc3-c3ccc(Br)cc32)C2(O1)c1cc(Br)ccc1-c1ccc(Br)cc12. The van der Waals surface area contributed by atoms with Crippen LogP contribution in [-0.2, 0) is 15.9 Å². The summed E-state index contributed by atoms with van der Waals surface area (Å²) < 4.78 is 11.1. The van der Waals surface area contributed by atoms with E-state index >= 15 is 0 Å². The summed E-state index contributed by atoms with van der Waals surface area (Å²) in [7, 11) is 0. The van der Waals surface area contributed by atoms with Gasteiger partial charge in [-0.2, -0.15) is 0 Å². The van der Waals surface area contributed by atoms with Gasteiger partial charge in [-0.25, -0.2) is 4.99 Å². The van der Waals surface area contributed by atoms with Crippen LogP contribution in [0.15, 0.2) is 95.7 Å². The lowest BCUT2D eigenvalue weighted by atomic mass is 9.68. The number of hydrogen-bond acceptors (Lipinski definition) is 2. The third kappa shape index (κ3) is 2.53. The van der Waals surface area contributed by atoms with Crippen LogP contribution in [0.25, 0.3) is 22.3 Å². The van der Waals surface area contributed by atoms with Crippen molar-refractivity contribution in [2.24, 2.45) is 4.99 Å². The molecule has 4 aromatic rings. The molecule has 7 rings (SSSR count). The highest BCUT2D eigenvalue weighted by molar-refractivity contribution is 9.11. The van der Waals surface area contributed by atoms with Gasteiger partial charge in [0, 0.05) is 35.9 Å². The van der Waals surface area contributed by atoms with Gasteiger partial charge in [0.15, 0.2) is 17.0 Å². The van der Waals surface area contributed by atoms with Gasteiger partial charge in [0.25, 0.3) is 0 Å². The van der Waals surface area contributed by atoms with Gasteiger partial charge in [-0.15, -0.1) is 0 Å². The summed E-state index contributed by atoms with van der Waals surface area (Å²) >= 11 is 15.0. The summed E-state index contributed by atoms with van der Waals surface area (Å²) in [5.41, 5.74) is 7.62. The predicted molar refractivity (Wildman–Crippen MR) is 150 cm³/mol. The molecule has 1 aliphatic heterocycles. The Hall–Kier alpha value is -1.73. The van der Waals surface area contributed by atoms with E-state index in [-0.39, 0.29) is 0 Å². The molecule has 4 aromatic carbocycles. The lowest BCUT2D eigenvalue weighted by molar-refractivity contribution is 0.0673. The summed E-state index contributed by atoms with van der Waals surface area (Å²) in [5, 5.41) is 0. The van der Waals surface area contributed by atoms with Gasteiger partial charge in [0.2, 0.25) is 0 Å². The quantitative estimate of drug-likeness (QED) is 0.179. The molecule has 0 amide bonds. The molecule has 0 atom stereocenters. The number of fused-ring (bicyclic) bond motifs is 11. The van der Waals surface area contributed by atoms with Crippen molar-refractivity contribution in [1.29, 1.82) is 0 Å². The van der Waals surface area contributed by atoms with Crippen LogP contribution in [-0.4, -0.2) is 5.90 Å². The normalized spacial score (nSPS) is 17.3. The van der Waals surface area contributed by atoms with Crippen molar-refractivity contribution in [3.63, 3.8) is 0 Å². The minimum Gasteiger partial charge on any atom is -0.462 e. The fourth-order valence-corrected chi connectivity index (χ4v) is 7.55. The smallest absolute Gasteiger partial charge is 0.195 e. The number of hydrogen-bond donors (Lipinski definition) is 0. The standard InChI is InChI=1S/C28H15Br4NO/c1-14-33-27(23-10-15(29)2-6-19(23)20-7-3-16(30)11-24(20)27)28(34-14)25-12-17(31)4-8-21(25)22-9-5-18(32)13-26(22)28/h2-13H,1H3. The lowest BCUT2D eigenvalue weighted by Crippen LogP contribution is -2.46. The predicted octanol–water partition coefficient (Wildman–Crippen LogP) is 9.33. The molecule has 0 fully saturated rings.